The molecule has 0 saturated carbocycles. The second kappa shape index (κ2) is 7.73. The molecule has 0 spiro atoms. The van der Waals surface area contributed by atoms with Crippen LogP contribution in [0.3, 0.4) is 0 Å². The minimum atomic E-state index is -4.57. The number of alkyl halides is 4. The molecule has 164 valence electrons. The summed E-state index contributed by atoms with van der Waals surface area (Å²) in [6, 6.07) is 11.0. The number of aromatic nitrogens is 5. The second-order valence-electron chi connectivity index (χ2n) is 7.53. The number of piperidine rings is 1. The Morgan fingerprint density at radius 1 is 0.969 bits per heavy atom. The lowest BCUT2D eigenvalue weighted by molar-refractivity contribution is -0.141. The number of pyridine rings is 1. The monoisotopic (exact) mass is 460 g/mol. The van der Waals surface area contributed by atoms with E-state index in [0.717, 1.165) is 22.9 Å². The first-order chi connectivity index (χ1) is 15.3. The van der Waals surface area contributed by atoms with E-state index < -0.39 is 17.5 Å². The van der Waals surface area contributed by atoms with Gasteiger partial charge in [0.25, 0.3) is 0 Å². The Hall–Kier alpha value is -3.21. The van der Waals surface area contributed by atoms with Crippen LogP contribution in [0.2, 0.25) is 0 Å². The summed E-state index contributed by atoms with van der Waals surface area (Å²) in [4.78, 5) is 14.4. The zero-order valence-corrected chi connectivity index (χ0v) is 17.4. The number of benzene rings is 1. The highest BCUT2D eigenvalue weighted by atomic mass is 32.1. The third kappa shape index (κ3) is 3.88. The highest BCUT2D eigenvalue weighted by molar-refractivity contribution is 7.14. The Morgan fingerprint density at radius 3 is 2.59 bits per heavy atom. The quantitative estimate of drug-likeness (QED) is 0.400. The van der Waals surface area contributed by atoms with E-state index in [1.165, 1.54) is 12.1 Å². The highest BCUT2D eigenvalue weighted by Gasteiger charge is 2.41. The van der Waals surface area contributed by atoms with Crippen LogP contribution in [0.1, 0.15) is 23.5 Å². The molecular weight excluding hydrogens is 444 g/mol. The molecule has 5 rings (SSSR count). The van der Waals surface area contributed by atoms with Crippen LogP contribution >= 0.6 is 11.3 Å². The molecule has 0 aliphatic carbocycles. The van der Waals surface area contributed by atoms with E-state index in [1.807, 2.05) is 29.2 Å². The maximum Gasteiger partial charge on any atom is 0.433 e. The molecular formula is C21H16F4N6S. The Balaban J connectivity index is 1.42. The van der Waals surface area contributed by atoms with Crippen molar-refractivity contribution in [1.82, 2.24) is 25.1 Å². The second-order valence-corrected chi connectivity index (χ2v) is 8.50. The van der Waals surface area contributed by atoms with E-state index in [-0.39, 0.29) is 28.7 Å². The van der Waals surface area contributed by atoms with Crippen LogP contribution < -0.4 is 4.90 Å². The fourth-order valence-electron chi connectivity index (χ4n) is 3.70. The smallest absolute Gasteiger partial charge is 0.352 e. The van der Waals surface area contributed by atoms with Gasteiger partial charge in [-0.2, -0.15) is 13.2 Å². The van der Waals surface area contributed by atoms with Crippen LogP contribution in [0.15, 0.2) is 48.7 Å². The van der Waals surface area contributed by atoms with Gasteiger partial charge in [0.15, 0.2) is 15.7 Å². The van der Waals surface area contributed by atoms with E-state index in [0.29, 0.717) is 24.3 Å². The van der Waals surface area contributed by atoms with Gasteiger partial charge in [-0.25, -0.2) is 14.4 Å². The number of anilines is 1. The lowest BCUT2D eigenvalue weighted by atomic mass is 9.95. The van der Waals surface area contributed by atoms with Crippen LogP contribution in [0, 0.1) is 0 Å². The molecule has 4 aromatic rings. The Bertz CT molecular complexity index is 1280. The molecule has 1 atom stereocenters. The molecule has 1 aliphatic rings. The van der Waals surface area contributed by atoms with Crippen molar-refractivity contribution in [2.24, 2.45) is 0 Å². The zero-order valence-electron chi connectivity index (χ0n) is 16.6. The van der Waals surface area contributed by atoms with Crippen molar-refractivity contribution in [2.75, 3.05) is 18.0 Å². The molecule has 0 amide bonds. The Morgan fingerprint density at radius 2 is 1.78 bits per heavy atom. The van der Waals surface area contributed by atoms with Gasteiger partial charge in [0.2, 0.25) is 0 Å². The lowest BCUT2D eigenvalue weighted by Crippen LogP contribution is -2.44. The van der Waals surface area contributed by atoms with Gasteiger partial charge in [0.1, 0.15) is 17.2 Å². The number of para-hydroxylation sites is 2. The van der Waals surface area contributed by atoms with Gasteiger partial charge in [-0.15, -0.1) is 10.2 Å². The summed E-state index contributed by atoms with van der Waals surface area (Å²) in [5.41, 5.74) is -1.35. The number of halogens is 4. The SMILES string of the molecule is FC(F)(F)c1cccc(-c2nnc(C3(F)CCCN(c4cnc5ccccc5n4)C3)s2)n1. The van der Waals surface area contributed by atoms with Crippen LogP contribution in [0.25, 0.3) is 21.7 Å². The molecule has 1 unspecified atom stereocenters. The van der Waals surface area contributed by atoms with Crippen molar-refractivity contribution in [3.8, 4) is 10.7 Å². The van der Waals surface area contributed by atoms with Crippen LogP contribution in [0.4, 0.5) is 23.4 Å². The van der Waals surface area contributed by atoms with Crippen LogP contribution in [-0.2, 0) is 11.8 Å². The number of rotatable bonds is 3. The van der Waals surface area contributed by atoms with Crippen LogP contribution in [-0.4, -0.2) is 38.2 Å². The highest BCUT2D eigenvalue weighted by Crippen LogP contribution is 2.40. The average molecular weight is 460 g/mol. The van der Waals surface area contributed by atoms with E-state index >= 15 is 4.39 Å². The molecule has 1 aliphatic heterocycles. The zero-order chi connectivity index (χ0) is 22.3. The van der Waals surface area contributed by atoms with Gasteiger partial charge in [-0.05, 0) is 37.1 Å². The summed E-state index contributed by atoms with van der Waals surface area (Å²) < 4.78 is 54.9. The van der Waals surface area contributed by atoms with Crippen LogP contribution in [0.5, 0.6) is 0 Å². The van der Waals surface area contributed by atoms with Crippen molar-refractivity contribution in [3.05, 3.63) is 59.4 Å². The molecule has 1 saturated heterocycles. The van der Waals surface area contributed by atoms with Crippen molar-refractivity contribution < 1.29 is 17.6 Å². The van der Waals surface area contributed by atoms with Gasteiger partial charge in [-0.3, -0.25) is 4.98 Å². The van der Waals surface area contributed by atoms with E-state index in [9.17, 15) is 13.2 Å². The van der Waals surface area contributed by atoms with Gasteiger partial charge in [0, 0.05) is 6.54 Å². The van der Waals surface area contributed by atoms with Gasteiger partial charge < -0.3 is 4.90 Å². The number of fused-ring (bicyclic) bond motifs is 1. The fraction of sp³-hybridized carbons (Fsp3) is 0.286. The number of hydrogen-bond acceptors (Lipinski definition) is 7. The molecule has 32 heavy (non-hydrogen) atoms. The molecule has 1 aromatic carbocycles. The number of hydrogen-bond donors (Lipinski definition) is 0. The standard InChI is InChI=1S/C21H16F4N6S/c22-20(19-30-29-18(32-19)15-7-3-8-16(27-15)21(23,24)25)9-4-10-31(12-20)17-11-26-13-5-1-2-6-14(13)28-17/h1-3,5-8,11H,4,9-10,12H2. The minimum Gasteiger partial charge on any atom is -0.352 e. The van der Waals surface area contributed by atoms with E-state index in [1.54, 1.807) is 6.20 Å². The third-order valence-electron chi connectivity index (χ3n) is 5.27. The summed E-state index contributed by atoms with van der Waals surface area (Å²) in [6.45, 7) is 0.615. The topological polar surface area (TPSA) is 67.7 Å². The largest absolute Gasteiger partial charge is 0.433 e. The molecule has 0 N–H and O–H groups in total. The van der Waals surface area contributed by atoms with Crippen molar-refractivity contribution in [3.63, 3.8) is 0 Å². The van der Waals surface area contributed by atoms with E-state index in [2.05, 4.69) is 25.1 Å². The molecule has 1 fully saturated rings. The molecule has 11 heteroatoms. The van der Waals surface area contributed by atoms with Gasteiger partial charge in [-0.1, -0.05) is 29.5 Å². The summed E-state index contributed by atoms with van der Waals surface area (Å²) in [5, 5.41) is 8.15. The molecule has 6 nitrogen and oxygen atoms in total. The molecule has 0 bridgehead atoms. The number of nitrogens with zero attached hydrogens (tertiary/aromatic N) is 6. The fourth-order valence-corrected chi connectivity index (χ4v) is 4.61. The Kier molecular flexibility index (Phi) is 5.00. The maximum atomic E-state index is 16.0. The van der Waals surface area contributed by atoms with E-state index in [4.69, 9.17) is 0 Å². The molecule has 0 radical (unpaired) electrons. The average Bonchev–Trinajstić information content (AvgIpc) is 3.30. The third-order valence-corrected chi connectivity index (χ3v) is 6.39. The lowest BCUT2D eigenvalue weighted by Gasteiger charge is -2.36. The first kappa shape index (κ1) is 20.7. The summed E-state index contributed by atoms with van der Waals surface area (Å²) in [6.07, 6.45) is -2.17. The normalized spacial score (nSPS) is 19.4. The van der Waals surface area contributed by atoms with Crippen molar-refractivity contribution in [2.45, 2.75) is 24.7 Å². The molecule has 3 aromatic heterocycles. The Labute approximate surface area is 184 Å². The summed E-state index contributed by atoms with van der Waals surface area (Å²) in [5.74, 6) is 0.565. The van der Waals surface area contributed by atoms with Gasteiger partial charge in [0.05, 0.1) is 23.8 Å². The van der Waals surface area contributed by atoms with Crippen molar-refractivity contribution in [1.29, 1.82) is 0 Å². The van der Waals surface area contributed by atoms with Crippen molar-refractivity contribution >= 4 is 28.2 Å². The maximum absolute atomic E-state index is 16.0. The minimum absolute atomic E-state index is 0.00464. The summed E-state index contributed by atoms with van der Waals surface area (Å²) in [7, 11) is 0. The first-order valence-corrected chi connectivity index (χ1v) is 10.7. The summed E-state index contributed by atoms with van der Waals surface area (Å²) >= 11 is 0.921. The predicted molar refractivity (Wildman–Crippen MR) is 112 cm³/mol. The van der Waals surface area contributed by atoms with Gasteiger partial charge >= 0.3 is 6.18 Å². The molecule has 4 heterocycles. The predicted octanol–water partition coefficient (Wildman–Crippen LogP) is 5.03. The first-order valence-electron chi connectivity index (χ1n) is 9.86.